The number of likely N-dealkylation sites (tertiary alicyclic amines) is 1. The summed E-state index contributed by atoms with van der Waals surface area (Å²) in [6.07, 6.45) is 3.65. The van der Waals surface area contributed by atoms with Gasteiger partial charge in [0, 0.05) is 24.8 Å². The van der Waals surface area contributed by atoms with Crippen molar-refractivity contribution in [2.75, 3.05) is 23.8 Å². The number of aromatic nitrogens is 1. The molecule has 2 aliphatic heterocycles. The summed E-state index contributed by atoms with van der Waals surface area (Å²) in [6, 6.07) is 17.3. The van der Waals surface area contributed by atoms with Crippen molar-refractivity contribution in [3.8, 4) is 11.5 Å². The Balaban J connectivity index is 1.31. The number of hydrogen-bond donors (Lipinski definition) is 2. The minimum Gasteiger partial charge on any atom is -0.457 e. The Morgan fingerprint density at radius 2 is 1.92 bits per heavy atom. The van der Waals surface area contributed by atoms with Crippen molar-refractivity contribution in [1.82, 2.24) is 15.2 Å². The van der Waals surface area contributed by atoms with Gasteiger partial charge in [0.25, 0.3) is 5.91 Å². The summed E-state index contributed by atoms with van der Waals surface area (Å²) >= 11 is 1.31. The molecule has 3 amide bonds. The quantitative estimate of drug-likeness (QED) is 0.318. The first-order chi connectivity index (χ1) is 18.4. The molecule has 4 aromatic rings. The summed E-state index contributed by atoms with van der Waals surface area (Å²) in [5, 5.41) is 6.95. The fraction of sp³-hybridized carbons (Fsp3) is 0.276. The van der Waals surface area contributed by atoms with Crippen LogP contribution in [0.1, 0.15) is 35.0 Å². The number of benzene rings is 2. The number of rotatable bonds is 5. The zero-order valence-electron chi connectivity index (χ0n) is 21.5. The molecule has 8 nitrogen and oxygen atoms in total. The molecule has 0 saturated carbocycles. The lowest BCUT2D eigenvalue weighted by molar-refractivity contribution is 0.0895. The zero-order chi connectivity index (χ0) is 26.4. The Hall–Kier alpha value is -3.95. The second-order valence-corrected chi connectivity index (χ2v) is 11.0. The van der Waals surface area contributed by atoms with Gasteiger partial charge in [-0.3, -0.25) is 9.69 Å². The second-order valence-electron chi connectivity index (χ2n) is 9.98. The highest BCUT2D eigenvalue weighted by atomic mass is 32.1. The van der Waals surface area contributed by atoms with Crippen molar-refractivity contribution in [2.45, 2.75) is 38.8 Å². The predicted octanol–water partition coefficient (Wildman–Crippen LogP) is 6.29. The van der Waals surface area contributed by atoms with E-state index in [0.717, 1.165) is 41.8 Å². The van der Waals surface area contributed by atoms with Gasteiger partial charge in [-0.25, -0.2) is 9.78 Å². The number of urea groups is 1. The number of carbonyl (C=O) groups is 2. The van der Waals surface area contributed by atoms with Gasteiger partial charge in [-0.2, -0.15) is 0 Å². The molecule has 1 saturated heterocycles. The first kappa shape index (κ1) is 24.4. The number of thiophene rings is 1. The SMILES string of the molecule is Cc1cc(Oc2ccccc2)ccc1N1C(=O)Nc2c(C(=O)NC3CCC(C)N(C)C3)sc3nccc1c23. The lowest BCUT2D eigenvalue weighted by Crippen LogP contribution is -2.49. The van der Waals surface area contributed by atoms with E-state index in [9.17, 15) is 9.59 Å². The van der Waals surface area contributed by atoms with Crippen LogP contribution in [0, 0.1) is 6.92 Å². The molecule has 2 atom stereocenters. The topological polar surface area (TPSA) is 86.8 Å². The summed E-state index contributed by atoms with van der Waals surface area (Å²) in [6.45, 7) is 4.96. The number of piperidine rings is 1. The lowest BCUT2D eigenvalue weighted by Gasteiger charge is -2.35. The third-order valence-electron chi connectivity index (χ3n) is 7.37. The van der Waals surface area contributed by atoms with Crippen LogP contribution in [-0.4, -0.2) is 47.5 Å². The molecule has 0 radical (unpaired) electrons. The third-order valence-corrected chi connectivity index (χ3v) is 8.47. The van der Waals surface area contributed by atoms with E-state index < -0.39 is 0 Å². The number of carbonyl (C=O) groups excluding carboxylic acids is 2. The molecule has 0 spiro atoms. The summed E-state index contributed by atoms with van der Waals surface area (Å²) in [7, 11) is 2.08. The zero-order valence-corrected chi connectivity index (χ0v) is 22.3. The molecule has 194 valence electrons. The number of aryl methyl sites for hydroxylation is 1. The van der Waals surface area contributed by atoms with Crippen molar-refractivity contribution >= 4 is 50.6 Å². The van der Waals surface area contributed by atoms with Crippen LogP contribution < -0.4 is 20.3 Å². The van der Waals surface area contributed by atoms with Crippen LogP contribution in [-0.2, 0) is 0 Å². The number of likely N-dealkylation sites (N-methyl/N-ethyl adjacent to an activating group) is 1. The number of pyridine rings is 1. The van der Waals surface area contributed by atoms with Crippen LogP contribution >= 0.6 is 11.3 Å². The molecule has 2 unspecified atom stereocenters. The Kier molecular flexibility index (Phi) is 6.25. The van der Waals surface area contributed by atoms with Crippen molar-refractivity contribution in [3.63, 3.8) is 0 Å². The van der Waals surface area contributed by atoms with Gasteiger partial charge in [0.1, 0.15) is 21.2 Å². The number of nitrogens with zero attached hydrogens (tertiary/aromatic N) is 3. The minimum absolute atomic E-state index is 0.0728. The van der Waals surface area contributed by atoms with Crippen molar-refractivity contribution in [2.24, 2.45) is 0 Å². The van der Waals surface area contributed by atoms with Crippen LogP contribution in [0.5, 0.6) is 11.5 Å². The van der Waals surface area contributed by atoms with Crippen LogP contribution in [0.2, 0.25) is 0 Å². The number of ether oxygens (including phenoxy) is 1. The Morgan fingerprint density at radius 3 is 2.68 bits per heavy atom. The molecule has 9 heteroatoms. The third kappa shape index (κ3) is 4.37. The number of anilines is 3. The number of para-hydroxylation sites is 1. The van der Waals surface area contributed by atoms with E-state index in [1.54, 1.807) is 11.1 Å². The largest absolute Gasteiger partial charge is 0.457 e. The highest BCUT2D eigenvalue weighted by Crippen LogP contribution is 2.46. The lowest BCUT2D eigenvalue weighted by atomic mass is 10.00. The molecule has 38 heavy (non-hydrogen) atoms. The Morgan fingerprint density at radius 1 is 1.11 bits per heavy atom. The molecule has 2 aromatic carbocycles. The molecule has 2 aromatic heterocycles. The number of amides is 3. The van der Waals surface area contributed by atoms with Gasteiger partial charge in [-0.1, -0.05) is 18.2 Å². The number of nitrogens with one attached hydrogen (secondary N) is 2. The van der Waals surface area contributed by atoms with E-state index in [1.807, 2.05) is 61.5 Å². The van der Waals surface area contributed by atoms with E-state index in [2.05, 4.69) is 34.5 Å². The minimum atomic E-state index is -0.316. The van der Waals surface area contributed by atoms with E-state index >= 15 is 0 Å². The van der Waals surface area contributed by atoms with E-state index in [-0.39, 0.29) is 18.0 Å². The molecule has 1 fully saturated rings. The van der Waals surface area contributed by atoms with E-state index in [0.29, 0.717) is 32.9 Å². The van der Waals surface area contributed by atoms with Crippen molar-refractivity contribution in [3.05, 3.63) is 71.2 Å². The van der Waals surface area contributed by atoms with Gasteiger partial charge in [0.15, 0.2) is 0 Å². The standard InChI is InChI=1S/C29H29N5O3S/c1-17-15-21(37-20-7-5-4-6-8-20)11-12-22(17)34-23-13-14-30-28-24(23)25(32-29(34)36)26(38-28)27(35)31-19-10-9-18(2)33(3)16-19/h4-8,11-15,18-19H,9-10,16H2,1-3H3,(H,31,35)(H,32,36). The monoisotopic (exact) mass is 527 g/mol. The van der Waals surface area contributed by atoms with Gasteiger partial charge in [-0.05, 0) is 75.7 Å². The van der Waals surface area contributed by atoms with Gasteiger partial charge in [0.2, 0.25) is 0 Å². The van der Waals surface area contributed by atoms with Gasteiger partial charge < -0.3 is 20.3 Å². The fourth-order valence-electron chi connectivity index (χ4n) is 5.20. The summed E-state index contributed by atoms with van der Waals surface area (Å²) in [5.41, 5.74) is 2.85. The van der Waals surface area contributed by atoms with Crippen LogP contribution in [0.15, 0.2) is 60.8 Å². The number of hydrogen-bond acceptors (Lipinski definition) is 6. The van der Waals surface area contributed by atoms with Crippen LogP contribution in [0.4, 0.5) is 21.9 Å². The van der Waals surface area contributed by atoms with Crippen LogP contribution in [0.3, 0.4) is 0 Å². The van der Waals surface area contributed by atoms with Crippen molar-refractivity contribution < 1.29 is 14.3 Å². The normalized spacial score (nSPS) is 19.3. The first-order valence-corrected chi connectivity index (χ1v) is 13.6. The molecule has 0 aliphatic carbocycles. The second kappa shape index (κ2) is 9.74. The molecular weight excluding hydrogens is 498 g/mol. The fourth-order valence-corrected chi connectivity index (χ4v) is 6.22. The van der Waals surface area contributed by atoms with Crippen molar-refractivity contribution in [1.29, 1.82) is 0 Å². The molecule has 4 heterocycles. The Labute approximate surface area is 225 Å². The molecular formula is C29H29N5O3S. The average Bonchev–Trinajstić information content (AvgIpc) is 3.27. The molecule has 0 bridgehead atoms. The van der Waals surface area contributed by atoms with Gasteiger partial charge in [0.05, 0.1) is 22.4 Å². The van der Waals surface area contributed by atoms with E-state index in [1.165, 1.54) is 11.3 Å². The predicted molar refractivity (Wildman–Crippen MR) is 151 cm³/mol. The molecule has 6 rings (SSSR count). The Bertz CT molecular complexity index is 1540. The maximum absolute atomic E-state index is 13.5. The summed E-state index contributed by atoms with van der Waals surface area (Å²) in [5.74, 6) is 1.26. The smallest absolute Gasteiger partial charge is 0.331 e. The van der Waals surface area contributed by atoms with E-state index in [4.69, 9.17) is 4.74 Å². The highest BCUT2D eigenvalue weighted by Gasteiger charge is 2.34. The van der Waals surface area contributed by atoms with Gasteiger partial charge >= 0.3 is 6.03 Å². The highest BCUT2D eigenvalue weighted by molar-refractivity contribution is 7.21. The first-order valence-electron chi connectivity index (χ1n) is 12.8. The molecule has 2 aliphatic rings. The van der Waals surface area contributed by atoms with Gasteiger partial charge in [-0.15, -0.1) is 11.3 Å². The molecule has 2 N–H and O–H groups in total. The summed E-state index contributed by atoms with van der Waals surface area (Å²) in [4.78, 5) is 36.5. The average molecular weight is 528 g/mol. The maximum Gasteiger partial charge on any atom is 0.331 e. The maximum atomic E-state index is 13.5. The van der Waals surface area contributed by atoms with Crippen LogP contribution in [0.25, 0.3) is 10.2 Å². The summed E-state index contributed by atoms with van der Waals surface area (Å²) < 4.78 is 5.97.